The molecule has 0 atom stereocenters. The number of carbonyl (C=O) groups excluding carboxylic acids is 1. The lowest BCUT2D eigenvalue weighted by Gasteiger charge is -2.10. The molecule has 0 unspecified atom stereocenters. The largest absolute Gasteiger partial charge is 0.478 e. The van der Waals surface area contributed by atoms with Crippen molar-refractivity contribution in [2.45, 2.75) is 5.16 Å². The van der Waals surface area contributed by atoms with E-state index in [0.717, 1.165) is 11.3 Å². The normalized spacial score (nSPS) is 10.6. The standard InChI is InChI=1S/C23H18N4O3S/c28-20(24-18-13-11-17(12-14-18)22(29)30)15-31-23-26-25-21(16-7-3-1-4-8-16)27(23)19-9-5-2-6-10-19/h1-14H,15H2,(H,24,28)(H,29,30). The van der Waals surface area contributed by atoms with Crippen LogP contribution in [0.1, 0.15) is 10.4 Å². The highest BCUT2D eigenvalue weighted by Crippen LogP contribution is 2.27. The number of amides is 1. The van der Waals surface area contributed by atoms with Gasteiger partial charge in [-0.1, -0.05) is 60.3 Å². The van der Waals surface area contributed by atoms with Gasteiger partial charge in [-0.2, -0.15) is 0 Å². The molecule has 0 saturated heterocycles. The van der Waals surface area contributed by atoms with Gasteiger partial charge >= 0.3 is 5.97 Å². The van der Waals surface area contributed by atoms with E-state index in [2.05, 4.69) is 15.5 Å². The molecular formula is C23H18N4O3S. The summed E-state index contributed by atoms with van der Waals surface area (Å²) in [4.78, 5) is 23.4. The summed E-state index contributed by atoms with van der Waals surface area (Å²) in [7, 11) is 0. The Kier molecular flexibility index (Phi) is 6.09. The van der Waals surface area contributed by atoms with Crippen molar-refractivity contribution in [3.05, 3.63) is 90.5 Å². The number of rotatable bonds is 7. The van der Waals surface area contributed by atoms with Crippen LogP contribution in [0, 0.1) is 0 Å². The van der Waals surface area contributed by atoms with Gasteiger partial charge in [-0.3, -0.25) is 9.36 Å². The summed E-state index contributed by atoms with van der Waals surface area (Å²) in [6, 6.07) is 25.5. The number of benzene rings is 3. The van der Waals surface area contributed by atoms with Crippen LogP contribution in [0.25, 0.3) is 17.1 Å². The molecule has 0 saturated carbocycles. The molecule has 0 spiro atoms. The van der Waals surface area contributed by atoms with Crippen LogP contribution in [0.15, 0.2) is 90.1 Å². The zero-order chi connectivity index (χ0) is 21.6. The van der Waals surface area contributed by atoms with E-state index in [-0.39, 0.29) is 17.2 Å². The van der Waals surface area contributed by atoms with Crippen LogP contribution < -0.4 is 5.32 Å². The average molecular weight is 430 g/mol. The monoisotopic (exact) mass is 430 g/mol. The Morgan fingerprint density at radius 1 is 0.871 bits per heavy atom. The summed E-state index contributed by atoms with van der Waals surface area (Å²) >= 11 is 1.28. The molecule has 1 heterocycles. The van der Waals surface area contributed by atoms with Crippen LogP contribution in [0.3, 0.4) is 0 Å². The Morgan fingerprint density at radius 3 is 2.16 bits per heavy atom. The number of nitrogens with one attached hydrogen (secondary N) is 1. The summed E-state index contributed by atoms with van der Waals surface area (Å²) in [6.45, 7) is 0. The van der Waals surface area contributed by atoms with Crippen LogP contribution in [-0.4, -0.2) is 37.5 Å². The first-order valence-electron chi connectivity index (χ1n) is 9.44. The lowest BCUT2D eigenvalue weighted by Crippen LogP contribution is -2.14. The molecule has 0 aliphatic rings. The molecule has 0 aliphatic carbocycles. The third-order valence-corrected chi connectivity index (χ3v) is 5.36. The minimum Gasteiger partial charge on any atom is -0.478 e. The van der Waals surface area contributed by atoms with Gasteiger partial charge in [0.2, 0.25) is 5.91 Å². The quantitative estimate of drug-likeness (QED) is 0.423. The summed E-state index contributed by atoms with van der Waals surface area (Å²) in [5.74, 6) is -0.417. The van der Waals surface area contributed by atoms with E-state index in [1.165, 1.54) is 23.9 Å². The van der Waals surface area contributed by atoms with E-state index in [4.69, 9.17) is 5.11 Å². The molecule has 0 fully saturated rings. The van der Waals surface area contributed by atoms with Crippen LogP contribution in [-0.2, 0) is 4.79 Å². The van der Waals surface area contributed by atoms with Gasteiger partial charge in [0.1, 0.15) is 0 Å². The third kappa shape index (κ3) is 4.81. The smallest absolute Gasteiger partial charge is 0.335 e. The molecule has 8 heteroatoms. The van der Waals surface area contributed by atoms with Crippen molar-refractivity contribution in [3.8, 4) is 17.1 Å². The Morgan fingerprint density at radius 2 is 1.52 bits per heavy atom. The second kappa shape index (κ2) is 9.27. The summed E-state index contributed by atoms with van der Waals surface area (Å²) in [5.41, 5.74) is 2.52. The van der Waals surface area contributed by atoms with Gasteiger partial charge in [-0.25, -0.2) is 4.79 Å². The van der Waals surface area contributed by atoms with Gasteiger partial charge in [-0.15, -0.1) is 10.2 Å². The summed E-state index contributed by atoms with van der Waals surface area (Å²) < 4.78 is 1.93. The second-order valence-corrected chi connectivity index (χ2v) is 7.51. The van der Waals surface area contributed by atoms with Gasteiger partial charge < -0.3 is 10.4 Å². The number of aromatic nitrogens is 3. The van der Waals surface area contributed by atoms with Gasteiger partial charge in [-0.05, 0) is 36.4 Å². The number of anilines is 1. The van der Waals surface area contributed by atoms with Crippen molar-refractivity contribution < 1.29 is 14.7 Å². The van der Waals surface area contributed by atoms with E-state index >= 15 is 0 Å². The number of hydrogen-bond acceptors (Lipinski definition) is 5. The average Bonchev–Trinajstić information content (AvgIpc) is 3.23. The van der Waals surface area contributed by atoms with Crippen molar-refractivity contribution in [3.63, 3.8) is 0 Å². The molecule has 0 aliphatic heterocycles. The fourth-order valence-corrected chi connectivity index (χ4v) is 3.72. The lowest BCUT2D eigenvalue weighted by molar-refractivity contribution is -0.113. The van der Waals surface area contributed by atoms with E-state index in [1.807, 2.05) is 65.2 Å². The number of aromatic carboxylic acids is 1. The van der Waals surface area contributed by atoms with Crippen LogP contribution in [0.2, 0.25) is 0 Å². The molecule has 31 heavy (non-hydrogen) atoms. The third-order valence-electron chi connectivity index (χ3n) is 4.43. The number of hydrogen-bond donors (Lipinski definition) is 2. The SMILES string of the molecule is O=C(CSc1nnc(-c2ccccc2)n1-c1ccccc1)Nc1ccc(C(=O)O)cc1. The number of para-hydroxylation sites is 1. The van der Waals surface area contributed by atoms with Crippen molar-refractivity contribution in [1.82, 2.24) is 14.8 Å². The van der Waals surface area contributed by atoms with Gasteiger partial charge in [0.25, 0.3) is 0 Å². The Bertz CT molecular complexity index is 1190. The maximum absolute atomic E-state index is 12.4. The van der Waals surface area contributed by atoms with Gasteiger partial charge in [0.05, 0.1) is 11.3 Å². The number of carboxylic acids is 1. The molecule has 0 bridgehead atoms. The van der Waals surface area contributed by atoms with E-state index in [0.29, 0.717) is 16.7 Å². The lowest BCUT2D eigenvalue weighted by atomic mass is 10.2. The van der Waals surface area contributed by atoms with Gasteiger partial charge in [0, 0.05) is 16.9 Å². The Balaban J connectivity index is 1.52. The summed E-state index contributed by atoms with van der Waals surface area (Å²) in [6.07, 6.45) is 0. The number of carbonyl (C=O) groups is 2. The maximum atomic E-state index is 12.4. The fourth-order valence-electron chi connectivity index (χ4n) is 2.97. The predicted molar refractivity (Wildman–Crippen MR) is 120 cm³/mol. The highest BCUT2D eigenvalue weighted by Gasteiger charge is 2.17. The van der Waals surface area contributed by atoms with Crippen molar-refractivity contribution in [2.24, 2.45) is 0 Å². The molecule has 7 nitrogen and oxygen atoms in total. The highest BCUT2D eigenvalue weighted by molar-refractivity contribution is 7.99. The molecule has 4 aromatic rings. The molecule has 2 N–H and O–H groups in total. The topological polar surface area (TPSA) is 97.1 Å². The maximum Gasteiger partial charge on any atom is 0.335 e. The first-order valence-corrected chi connectivity index (χ1v) is 10.4. The molecule has 0 radical (unpaired) electrons. The molecule has 4 rings (SSSR count). The van der Waals surface area contributed by atoms with E-state index in [1.54, 1.807) is 12.1 Å². The molecule has 1 aromatic heterocycles. The number of carboxylic acid groups (broad SMARTS) is 1. The van der Waals surface area contributed by atoms with Crippen molar-refractivity contribution in [2.75, 3.05) is 11.1 Å². The zero-order valence-electron chi connectivity index (χ0n) is 16.3. The number of thioether (sulfide) groups is 1. The zero-order valence-corrected chi connectivity index (χ0v) is 17.1. The molecule has 1 amide bonds. The van der Waals surface area contributed by atoms with E-state index in [9.17, 15) is 9.59 Å². The Labute approximate surface area is 182 Å². The molecular weight excluding hydrogens is 412 g/mol. The first-order chi connectivity index (χ1) is 15.1. The number of nitrogens with zero attached hydrogens (tertiary/aromatic N) is 3. The molecule has 154 valence electrons. The molecule has 3 aromatic carbocycles. The highest BCUT2D eigenvalue weighted by atomic mass is 32.2. The van der Waals surface area contributed by atoms with Crippen LogP contribution >= 0.6 is 11.8 Å². The van der Waals surface area contributed by atoms with Crippen LogP contribution in [0.4, 0.5) is 5.69 Å². The van der Waals surface area contributed by atoms with Crippen molar-refractivity contribution >= 4 is 29.3 Å². The summed E-state index contributed by atoms with van der Waals surface area (Å²) in [5, 5.41) is 21.0. The fraction of sp³-hybridized carbons (Fsp3) is 0.0435. The predicted octanol–water partition coefficient (Wildman–Crippen LogP) is 4.36. The van der Waals surface area contributed by atoms with Crippen molar-refractivity contribution in [1.29, 1.82) is 0 Å². The second-order valence-electron chi connectivity index (χ2n) is 6.56. The van der Waals surface area contributed by atoms with E-state index < -0.39 is 5.97 Å². The van der Waals surface area contributed by atoms with Crippen LogP contribution in [0.5, 0.6) is 0 Å². The first kappa shape index (κ1) is 20.4. The minimum absolute atomic E-state index is 0.125. The van der Waals surface area contributed by atoms with Gasteiger partial charge in [0.15, 0.2) is 11.0 Å². The Hall–Kier alpha value is -3.91. The minimum atomic E-state index is -1.01.